The molecule has 2 heterocycles. The predicted molar refractivity (Wildman–Crippen MR) is 70.6 cm³/mol. The highest BCUT2D eigenvalue weighted by Gasteiger charge is 2.49. The first-order valence-corrected chi connectivity index (χ1v) is 6.64. The van der Waals surface area contributed by atoms with E-state index in [1.807, 2.05) is 26.0 Å². The maximum Gasteiger partial charge on any atom is 0.170 e. The van der Waals surface area contributed by atoms with Gasteiger partial charge in [-0.15, -0.1) is 0 Å². The number of ketones is 1. The Morgan fingerprint density at radius 2 is 2.22 bits per heavy atom. The molecule has 0 spiro atoms. The Balaban J connectivity index is 2.33. The quantitative estimate of drug-likeness (QED) is 0.754. The van der Waals surface area contributed by atoms with Crippen LogP contribution in [0.25, 0.3) is 0 Å². The molecule has 0 aliphatic carbocycles. The second-order valence-corrected chi connectivity index (χ2v) is 6.04. The third-order valence-electron chi connectivity index (χ3n) is 4.23. The molecule has 1 unspecified atom stereocenters. The first-order valence-electron chi connectivity index (χ1n) is 6.64. The maximum absolute atomic E-state index is 11.8. The number of rotatable bonds is 2. The second kappa shape index (κ2) is 4.67. The molecule has 0 aromatic heterocycles. The van der Waals surface area contributed by atoms with Crippen molar-refractivity contribution in [3.8, 4) is 0 Å². The summed E-state index contributed by atoms with van der Waals surface area (Å²) in [6.45, 7) is 5.92. The van der Waals surface area contributed by atoms with Crippen molar-refractivity contribution in [2.45, 2.75) is 52.3 Å². The third-order valence-corrected chi connectivity index (χ3v) is 4.23. The first kappa shape index (κ1) is 13.6. The summed E-state index contributed by atoms with van der Waals surface area (Å²) in [5.74, 6) is 1.19. The number of hydrazine groups is 1. The van der Waals surface area contributed by atoms with Gasteiger partial charge in [-0.3, -0.25) is 4.79 Å². The molecule has 0 saturated carbocycles. The lowest BCUT2D eigenvalue weighted by Gasteiger charge is -2.54. The van der Waals surface area contributed by atoms with E-state index < -0.39 is 0 Å². The van der Waals surface area contributed by atoms with Crippen molar-refractivity contribution in [1.82, 2.24) is 10.0 Å². The molecular weight excluding hydrogens is 228 g/mol. The van der Waals surface area contributed by atoms with Crippen molar-refractivity contribution in [3.05, 3.63) is 11.8 Å². The standard InChI is InChI=1S/C14H24N2O2/c1-10-6-8-14(3)9-7-12(11(2)17)16(15(4)5)13(14)18-10/h6,12-13H,7-9H2,1-5H3/t12?,13-,14-/m0/s1. The van der Waals surface area contributed by atoms with E-state index in [2.05, 4.69) is 18.0 Å². The SMILES string of the molecule is CC(=O)C1CC[C@]2(C)CC=C(C)O[C@@H]2N1N(C)C. The highest BCUT2D eigenvalue weighted by molar-refractivity contribution is 5.81. The number of hydrogen-bond acceptors (Lipinski definition) is 4. The predicted octanol–water partition coefficient (Wildman–Crippen LogP) is 2.17. The number of fused-ring (bicyclic) bond motifs is 1. The molecule has 102 valence electrons. The Morgan fingerprint density at radius 1 is 1.56 bits per heavy atom. The smallest absolute Gasteiger partial charge is 0.170 e. The van der Waals surface area contributed by atoms with Crippen molar-refractivity contribution in [2.24, 2.45) is 5.41 Å². The summed E-state index contributed by atoms with van der Waals surface area (Å²) in [7, 11) is 3.97. The van der Waals surface area contributed by atoms with Gasteiger partial charge in [0.05, 0.1) is 11.8 Å². The lowest BCUT2D eigenvalue weighted by Crippen LogP contribution is -2.63. The van der Waals surface area contributed by atoms with Gasteiger partial charge < -0.3 is 4.74 Å². The minimum Gasteiger partial charge on any atom is -0.478 e. The average Bonchev–Trinajstić information content (AvgIpc) is 2.28. The maximum atomic E-state index is 11.8. The Hall–Kier alpha value is -0.870. The van der Waals surface area contributed by atoms with Crippen molar-refractivity contribution in [1.29, 1.82) is 0 Å². The molecule has 4 nitrogen and oxygen atoms in total. The van der Waals surface area contributed by atoms with E-state index in [1.54, 1.807) is 6.92 Å². The van der Waals surface area contributed by atoms with Crippen LogP contribution in [-0.4, -0.2) is 42.2 Å². The molecule has 0 N–H and O–H groups in total. The number of allylic oxidation sites excluding steroid dienone is 2. The summed E-state index contributed by atoms with van der Waals surface area (Å²) in [6, 6.07) is -0.0519. The lowest BCUT2D eigenvalue weighted by molar-refractivity contribution is -0.228. The van der Waals surface area contributed by atoms with Crippen LogP contribution in [0.3, 0.4) is 0 Å². The van der Waals surface area contributed by atoms with Crippen LogP contribution >= 0.6 is 0 Å². The molecule has 0 aromatic carbocycles. The fourth-order valence-electron chi connectivity index (χ4n) is 3.08. The molecule has 1 saturated heterocycles. The Labute approximate surface area is 110 Å². The fraction of sp³-hybridized carbons (Fsp3) is 0.786. The molecule has 0 amide bonds. The van der Waals surface area contributed by atoms with Crippen LogP contribution in [0.5, 0.6) is 0 Å². The van der Waals surface area contributed by atoms with Crippen molar-refractivity contribution in [3.63, 3.8) is 0 Å². The molecule has 0 radical (unpaired) electrons. The van der Waals surface area contributed by atoms with Gasteiger partial charge in [0.25, 0.3) is 0 Å². The number of hydrogen-bond donors (Lipinski definition) is 0. The second-order valence-electron chi connectivity index (χ2n) is 6.04. The monoisotopic (exact) mass is 252 g/mol. The third kappa shape index (κ3) is 2.19. The highest BCUT2D eigenvalue weighted by atomic mass is 16.5. The van der Waals surface area contributed by atoms with Gasteiger partial charge in [-0.2, -0.15) is 5.01 Å². The zero-order valence-corrected chi connectivity index (χ0v) is 12.1. The van der Waals surface area contributed by atoms with E-state index in [9.17, 15) is 4.79 Å². The Morgan fingerprint density at radius 3 is 2.78 bits per heavy atom. The summed E-state index contributed by atoms with van der Waals surface area (Å²) in [4.78, 5) is 11.8. The van der Waals surface area contributed by atoms with Gasteiger partial charge in [0.2, 0.25) is 0 Å². The summed E-state index contributed by atoms with van der Waals surface area (Å²) in [5, 5.41) is 4.12. The minimum atomic E-state index is -0.0519. The normalized spacial score (nSPS) is 36.9. The fourth-order valence-corrected chi connectivity index (χ4v) is 3.08. The van der Waals surface area contributed by atoms with Gasteiger partial charge >= 0.3 is 0 Å². The van der Waals surface area contributed by atoms with Crippen LogP contribution in [0.4, 0.5) is 0 Å². The molecule has 4 heteroatoms. The van der Waals surface area contributed by atoms with Crippen LogP contribution in [0.15, 0.2) is 11.8 Å². The number of ether oxygens (including phenoxy) is 1. The molecule has 2 aliphatic heterocycles. The average molecular weight is 252 g/mol. The number of piperidine rings is 1. The molecule has 3 atom stereocenters. The number of carbonyl (C=O) groups is 1. The largest absolute Gasteiger partial charge is 0.478 e. The van der Waals surface area contributed by atoms with Crippen LogP contribution < -0.4 is 0 Å². The van der Waals surface area contributed by atoms with Gasteiger partial charge in [0.1, 0.15) is 5.78 Å². The van der Waals surface area contributed by atoms with Gasteiger partial charge in [-0.05, 0) is 39.2 Å². The molecular formula is C14H24N2O2. The Bertz CT molecular complexity index is 378. The van der Waals surface area contributed by atoms with Crippen molar-refractivity contribution < 1.29 is 9.53 Å². The van der Waals surface area contributed by atoms with Gasteiger partial charge in [-0.1, -0.05) is 6.92 Å². The summed E-state index contributed by atoms with van der Waals surface area (Å²) < 4.78 is 6.04. The molecule has 0 aromatic rings. The number of Topliss-reactive ketones (excluding diaryl/α,β-unsaturated/α-hetero) is 1. The van der Waals surface area contributed by atoms with E-state index >= 15 is 0 Å². The van der Waals surface area contributed by atoms with Crippen LogP contribution in [-0.2, 0) is 9.53 Å². The van der Waals surface area contributed by atoms with Crippen LogP contribution in [0.2, 0.25) is 0 Å². The van der Waals surface area contributed by atoms with Crippen LogP contribution in [0.1, 0.15) is 40.0 Å². The number of nitrogens with zero attached hydrogens (tertiary/aromatic N) is 2. The minimum absolute atomic E-state index is 0.0276. The number of carbonyl (C=O) groups excluding carboxylic acids is 1. The molecule has 2 aliphatic rings. The first-order chi connectivity index (χ1) is 8.35. The van der Waals surface area contributed by atoms with Gasteiger partial charge in [0, 0.05) is 19.5 Å². The van der Waals surface area contributed by atoms with E-state index in [0.717, 1.165) is 25.0 Å². The van der Waals surface area contributed by atoms with Gasteiger partial charge in [0.15, 0.2) is 6.23 Å². The molecule has 18 heavy (non-hydrogen) atoms. The zero-order valence-electron chi connectivity index (χ0n) is 12.1. The summed E-state index contributed by atoms with van der Waals surface area (Å²) in [5.41, 5.74) is 0.107. The van der Waals surface area contributed by atoms with Gasteiger partial charge in [-0.25, -0.2) is 5.01 Å². The summed E-state index contributed by atoms with van der Waals surface area (Å²) >= 11 is 0. The van der Waals surface area contributed by atoms with Crippen LogP contribution in [0, 0.1) is 5.41 Å². The topological polar surface area (TPSA) is 32.8 Å². The zero-order chi connectivity index (χ0) is 13.5. The van der Waals surface area contributed by atoms with E-state index in [1.165, 1.54) is 0 Å². The van der Waals surface area contributed by atoms with E-state index in [4.69, 9.17) is 4.74 Å². The van der Waals surface area contributed by atoms with E-state index in [0.29, 0.717) is 0 Å². The van der Waals surface area contributed by atoms with Crippen molar-refractivity contribution in [2.75, 3.05) is 14.1 Å². The molecule has 2 rings (SSSR count). The summed E-state index contributed by atoms with van der Waals surface area (Å²) in [6.07, 6.45) is 5.11. The highest BCUT2D eigenvalue weighted by Crippen LogP contribution is 2.45. The van der Waals surface area contributed by atoms with Crippen molar-refractivity contribution >= 4 is 5.78 Å². The molecule has 0 bridgehead atoms. The Kier molecular flexibility index (Phi) is 3.52. The molecule has 1 fully saturated rings. The lowest BCUT2D eigenvalue weighted by atomic mass is 9.74. The van der Waals surface area contributed by atoms with E-state index in [-0.39, 0.29) is 23.5 Å².